The van der Waals surface area contributed by atoms with Crippen molar-refractivity contribution in [1.82, 2.24) is 0 Å². The van der Waals surface area contributed by atoms with E-state index in [2.05, 4.69) is 0 Å². The number of ketones is 1. The lowest BCUT2D eigenvalue weighted by atomic mass is 9.89. The zero-order valence-electron chi connectivity index (χ0n) is 9.52. The third kappa shape index (κ3) is 3.17. The van der Waals surface area contributed by atoms with Gasteiger partial charge in [0.25, 0.3) is 0 Å². The lowest BCUT2D eigenvalue weighted by molar-refractivity contribution is -0.126. The van der Waals surface area contributed by atoms with Crippen LogP contribution in [0.3, 0.4) is 0 Å². The molecule has 0 heterocycles. The van der Waals surface area contributed by atoms with Gasteiger partial charge in [-0.3, -0.25) is 4.79 Å². The number of rotatable bonds is 4. The van der Waals surface area contributed by atoms with Crippen LogP contribution in [0.5, 0.6) is 0 Å². The van der Waals surface area contributed by atoms with Gasteiger partial charge < -0.3 is 4.74 Å². The highest BCUT2D eigenvalue weighted by Crippen LogP contribution is 2.21. The van der Waals surface area contributed by atoms with E-state index in [-0.39, 0.29) is 5.92 Å². The van der Waals surface area contributed by atoms with Crippen molar-refractivity contribution in [2.75, 3.05) is 6.61 Å². The van der Waals surface area contributed by atoms with Crippen LogP contribution in [0.2, 0.25) is 0 Å². The maximum Gasteiger partial charge on any atom is 0.138 e. The van der Waals surface area contributed by atoms with Crippen molar-refractivity contribution in [2.24, 2.45) is 5.92 Å². The quantitative estimate of drug-likeness (QED) is 0.776. The van der Waals surface area contributed by atoms with Gasteiger partial charge in [0.15, 0.2) is 0 Å². The topological polar surface area (TPSA) is 26.3 Å². The van der Waals surface area contributed by atoms with Gasteiger partial charge in [0.05, 0.1) is 13.2 Å². The summed E-state index contributed by atoms with van der Waals surface area (Å²) in [7, 11) is 0. The molecule has 1 fully saturated rings. The van der Waals surface area contributed by atoms with Crippen molar-refractivity contribution in [3.63, 3.8) is 0 Å². The van der Waals surface area contributed by atoms with E-state index >= 15 is 0 Å². The molecule has 0 saturated heterocycles. The van der Waals surface area contributed by atoms with E-state index in [1.807, 2.05) is 30.3 Å². The molecule has 1 aromatic carbocycles. The minimum atomic E-state index is 0.150. The van der Waals surface area contributed by atoms with Crippen molar-refractivity contribution < 1.29 is 9.53 Å². The number of benzene rings is 1. The fourth-order valence-corrected chi connectivity index (χ4v) is 2.12. The largest absolute Gasteiger partial charge is 0.376 e. The van der Waals surface area contributed by atoms with E-state index in [0.29, 0.717) is 19.0 Å². The van der Waals surface area contributed by atoms with Crippen LogP contribution < -0.4 is 0 Å². The molecule has 0 radical (unpaired) electrons. The fourth-order valence-electron chi connectivity index (χ4n) is 2.12. The number of ether oxygens (including phenoxy) is 1. The first-order valence-electron chi connectivity index (χ1n) is 6.00. The fraction of sp³-hybridized carbons (Fsp3) is 0.500. The molecule has 1 aliphatic carbocycles. The molecule has 0 amide bonds. The van der Waals surface area contributed by atoms with E-state index in [0.717, 1.165) is 19.3 Å². The molecule has 0 aliphatic heterocycles. The summed E-state index contributed by atoms with van der Waals surface area (Å²) in [4.78, 5) is 11.6. The second-order valence-electron chi connectivity index (χ2n) is 4.41. The molecule has 2 rings (SSSR count). The van der Waals surface area contributed by atoms with Crippen molar-refractivity contribution in [2.45, 2.75) is 32.3 Å². The highest BCUT2D eigenvalue weighted by Gasteiger charge is 2.21. The normalized spacial score (nSPS) is 21.0. The lowest BCUT2D eigenvalue weighted by Crippen LogP contribution is -2.23. The summed E-state index contributed by atoms with van der Waals surface area (Å²) in [6.07, 6.45) is 3.99. The zero-order chi connectivity index (χ0) is 11.2. The minimum absolute atomic E-state index is 0.150. The summed E-state index contributed by atoms with van der Waals surface area (Å²) in [6, 6.07) is 10.1. The third-order valence-corrected chi connectivity index (χ3v) is 3.11. The second kappa shape index (κ2) is 5.80. The van der Waals surface area contributed by atoms with E-state index < -0.39 is 0 Å². The molecule has 0 spiro atoms. The van der Waals surface area contributed by atoms with Crippen molar-refractivity contribution >= 4 is 5.78 Å². The Morgan fingerprint density at radius 2 is 2.00 bits per heavy atom. The Balaban J connectivity index is 1.73. The smallest absolute Gasteiger partial charge is 0.138 e. The molecular formula is C14H18O2. The van der Waals surface area contributed by atoms with Crippen LogP contribution in [0.1, 0.15) is 31.2 Å². The molecule has 0 unspecified atom stereocenters. The molecule has 1 aromatic rings. The molecule has 2 heteroatoms. The maximum absolute atomic E-state index is 11.6. The summed E-state index contributed by atoms with van der Waals surface area (Å²) < 4.78 is 5.61. The Morgan fingerprint density at radius 1 is 1.19 bits per heavy atom. The summed E-state index contributed by atoms with van der Waals surface area (Å²) in [5.74, 6) is 0.539. The highest BCUT2D eigenvalue weighted by molar-refractivity contribution is 5.81. The molecule has 0 N–H and O–H groups in total. The molecule has 16 heavy (non-hydrogen) atoms. The zero-order valence-corrected chi connectivity index (χ0v) is 9.52. The molecule has 1 saturated carbocycles. The van der Waals surface area contributed by atoms with Gasteiger partial charge in [-0.2, -0.15) is 0 Å². The van der Waals surface area contributed by atoms with E-state index in [9.17, 15) is 4.79 Å². The van der Waals surface area contributed by atoms with Crippen LogP contribution in [-0.2, 0) is 16.1 Å². The Hall–Kier alpha value is -1.15. The van der Waals surface area contributed by atoms with E-state index in [1.165, 1.54) is 12.0 Å². The molecule has 1 aliphatic rings. The average molecular weight is 218 g/mol. The number of Topliss-reactive ketones (excluding diaryl/α,β-unsaturated/α-hetero) is 1. The van der Waals surface area contributed by atoms with Gasteiger partial charge in [-0.25, -0.2) is 0 Å². The van der Waals surface area contributed by atoms with Gasteiger partial charge in [0.2, 0.25) is 0 Å². The molecular weight excluding hydrogens is 200 g/mol. The summed E-state index contributed by atoms with van der Waals surface area (Å²) >= 11 is 0. The monoisotopic (exact) mass is 218 g/mol. The Bertz CT molecular complexity index is 332. The van der Waals surface area contributed by atoms with Gasteiger partial charge in [0.1, 0.15) is 5.78 Å². The Morgan fingerprint density at radius 3 is 2.75 bits per heavy atom. The number of carbonyl (C=O) groups excluding carboxylic acids is 1. The number of hydrogen-bond donors (Lipinski definition) is 0. The van der Waals surface area contributed by atoms with Crippen LogP contribution in [0.4, 0.5) is 0 Å². The summed E-state index contributed by atoms with van der Waals surface area (Å²) in [6.45, 7) is 1.21. The number of carbonyl (C=O) groups is 1. The maximum atomic E-state index is 11.6. The van der Waals surface area contributed by atoms with E-state index in [4.69, 9.17) is 4.74 Å². The van der Waals surface area contributed by atoms with Crippen LogP contribution in [0.15, 0.2) is 30.3 Å². The van der Waals surface area contributed by atoms with Crippen LogP contribution in [0, 0.1) is 5.92 Å². The first kappa shape index (κ1) is 11.3. The van der Waals surface area contributed by atoms with Gasteiger partial charge in [-0.05, 0) is 18.4 Å². The third-order valence-electron chi connectivity index (χ3n) is 3.11. The standard InChI is InChI=1S/C14H18O2/c15-14-9-5-4-8-13(14)11-16-10-12-6-2-1-3-7-12/h1-3,6-7,13H,4-5,8-11H2/t13-/m1/s1. The van der Waals surface area contributed by atoms with Crippen molar-refractivity contribution in [3.8, 4) is 0 Å². The lowest BCUT2D eigenvalue weighted by Gasteiger charge is -2.20. The Labute approximate surface area is 96.6 Å². The van der Waals surface area contributed by atoms with E-state index in [1.54, 1.807) is 0 Å². The molecule has 1 atom stereocenters. The first-order valence-corrected chi connectivity index (χ1v) is 6.00. The second-order valence-corrected chi connectivity index (χ2v) is 4.41. The van der Waals surface area contributed by atoms with Crippen molar-refractivity contribution in [1.29, 1.82) is 0 Å². The average Bonchev–Trinajstić information content (AvgIpc) is 2.33. The predicted molar refractivity (Wildman–Crippen MR) is 63.1 cm³/mol. The molecule has 0 aromatic heterocycles. The van der Waals surface area contributed by atoms with Crippen LogP contribution in [0.25, 0.3) is 0 Å². The summed E-state index contributed by atoms with van der Waals surface area (Å²) in [5.41, 5.74) is 1.17. The minimum Gasteiger partial charge on any atom is -0.376 e. The molecule has 2 nitrogen and oxygen atoms in total. The van der Waals surface area contributed by atoms with Gasteiger partial charge in [0, 0.05) is 12.3 Å². The van der Waals surface area contributed by atoms with Crippen molar-refractivity contribution in [3.05, 3.63) is 35.9 Å². The van der Waals surface area contributed by atoms with Gasteiger partial charge >= 0.3 is 0 Å². The number of hydrogen-bond acceptors (Lipinski definition) is 2. The van der Waals surface area contributed by atoms with Crippen LogP contribution in [-0.4, -0.2) is 12.4 Å². The first-order chi connectivity index (χ1) is 7.86. The molecule has 0 bridgehead atoms. The Kier molecular flexibility index (Phi) is 4.11. The van der Waals surface area contributed by atoms with Gasteiger partial charge in [-0.15, -0.1) is 0 Å². The highest BCUT2D eigenvalue weighted by atomic mass is 16.5. The summed E-state index contributed by atoms with van der Waals surface area (Å²) in [5, 5.41) is 0. The van der Waals surface area contributed by atoms with Gasteiger partial charge in [-0.1, -0.05) is 36.8 Å². The van der Waals surface area contributed by atoms with Crippen LogP contribution >= 0.6 is 0 Å². The predicted octanol–water partition coefficient (Wildman–Crippen LogP) is 2.96. The molecule has 86 valence electrons. The SMILES string of the molecule is O=C1CCCC[C@@H]1COCc1ccccc1.